The van der Waals surface area contributed by atoms with Gasteiger partial charge in [-0.15, -0.1) is 0 Å². The molecular weight excluding hydrogens is 440 g/mol. The maximum atomic E-state index is 9.10. The van der Waals surface area contributed by atoms with Gasteiger partial charge >= 0.3 is 11.9 Å². The monoisotopic (exact) mass is 474 g/mol. The Bertz CT molecular complexity index is 948. The largest absolute Gasteiger partial charge is 0.493 e. The molecule has 0 aromatic heterocycles. The van der Waals surface area contributed by atoms with E-state index in [0.29, 0.717) is 17.2 Å². The van der Waals surface area contributed by atoms with E-state index in [1.165, 1.54) is 22.3 Å². The van der Waals surface area contributed by atoms with Crippen LogP contribution in [0.3, 0.4) is 0 Å². The van der Waals surface area contributed by atoms with Gasteiger partial charge in [0.05, 0.1) is 21.3 Å². The van der Waals surface area contributed by atoms with Crippen molar-refractivity contribution in [3.05, 3.63) is 52.6 Å². The smallest absolute Gasteiger partial charge is 0.414 e. The van der Waals surface area contributed by atoms with Crippen LogP contribution in [0, 0.1) is 13.8 Å². The second kappa shape index (κ2) is 12.8. The SMILES string of the molecule is COc1cc(CN2CCN(Cc3ccc(C)cc3C)CC2)cc(OC)c1OC.O=C(O)C(=O)O. The Morgan fingerprint density at radius 3 is 1.71 bits per heavy atom. The third kappa shape index (κ3) is 7.64. The third-order valence-corrected chi connectivity index (χ3v) is 5.67. The highest BCUT2D eigenvalue weighted by molar-refractivity contribution is 6.27. The highest BCUT2D eigenvalue weighted by Gasteiger charge is 2.20. The average Bonchev–Trinajstić information content (AvgIpc) is 2.81. The molecule has 9 nitrogen and oxygen atoms in total. The Kier molecular flexibility index (Phi) is 10.2. The van der Waals surface area contributed by atoms with Gasteiger partial charge in [0.1, 0.15) is 0 Å². The first kappa shape index (κ1) is 26.9. The molecule has 0 bridgehead atoms. The summed E-state index contributed by atoms with van der Waals surface area (Å²) in [5.41, 5.74) is 5.33. The van der Waals surface area contributed by atoms with Crippen LogP contribution >= 0.6 is 0 Å². The number of carboxylic acid groups (broad SMARTS) is 2. The number of nitrogens with zero attached hydrogens (tertiary/aromatic N) is 2. The van der Waals surface area contributed by atoms with Crippen molar-refractivity contribution in [2.24, 2.45) is 0 Å². The van der Waals surface area contributed by atoms with Crippen molar-refractivity contribution in [2.75, 3.05) is 47.5 Å². The molecule has 9 heteroatoms. The summed E-state index contributed by atoms with van der Waals surface area (Å²) in [6.45, 7) is 10.6. The number of carboxylic acids is 2. The molecule has 1 aliphatic heterocycles. The number of piperazine rings is 1. The lowest BCUT2D eigenvalue weighted by atomic mass is 10.0. The standard InChI is InChI=1S/C23H32N2O3.C2H2O4/c1-17-6-7-20(18(2)12-17)16-25-10-8-24(9-11-25)15-19-13-21(26-3)23(28-5)22(14-19)27-4;3-1(4)2(5)6/h6-7,12-14H,8-11,15-16H2,1-5H3;(H,3,4)(H,5,6). The first-order chi connectivity index (χ1) is 16.2. The Hall–Kier alpha value is -3.30. The summed E-state index contributed by atoms with van der Waals surface area (Å²) in [4.78, 5) is 23.2. The van der Waals surface area contributed by atoms with Crippen LogP contribution in [0.5, 0.6) is 17.2 Å². The third-order valence-electron chi connectivity index (χ3n) is 5.67. The van der Waals surface area contributed by atoms with E-state index in [0.717, 1.165) is 39.3 Å². The Morgan fingerprint density at radius 2 is 1.29 bits per heavy atom. The fraction of sp³-hybridized carbons (Fsp3) is 0.440. The molecule has 3 rings (SSSR count). The molecule has 2 aromatic carbocycles. The van der Waals surface area contributed by atoms with Crippen LogP contribution in [-0.2, 0) is 22.7 Å². The molecule has 0 amide bonds. The van der Waals surface area contributed by atoms with Crippen molar-refractivity contribution < 1.29 is 34.0 Å². The van der Waals surface area contributed by atoms with E-state index in [1.54, 1.807) is 21.3 Å². The summed E-state index contributed by atoms with van der Waals surface area (Å²) in [6, 6.07) is 10.8. The minimum Gasteiger partial charge on any atom is -0.493 e. The van der Waals surface area contributed by atoms with Gasteiger partial charge in [0, 0.05) is 39.3 Å². The van der Waals surface area contributed by atoms with Crippen molar-refractivity contribution in [1.29, 1.82) is 0 Å². The molecular formula is C25H34N2O7. The predicted molar refractivity (Wildman–Crippen MR) is 128 cm³/mol. The highest BCUT2D eigenvalue weighted by Crippen LogP contribution is 2.38. The van der Waals surface area contributed by atoms with Crippen molar-refractivity contribution in [3.63, 3.8) is 0 Å². The van der Waals surface area contributed by atoms with Crippen LogP contribution in [0.15, 0.2) is 30.3 Å². The minimum atomic E-state index is -1.82. The molecule has 34 heavy (non-hydrogen) atoms. The number of aryl methyl sites for hydroxylation is 2. The lowest BCUT2D eigenvalue weighted by Gasteiger charge is -2.35. The van der Waals surface area contributed by atoms with Crippen molar-refractivity contribution in [3.8, 4) is 17.2 Å². The first-order valence-electron chi connectivity index (χ1n) is 10.9. The van der Waals surface area contributed by atoms with Gasteiger partial charge in [-0.3, -0.25) is 9.80 Å². The molecule has 0 saturated carbocycles. The number of methoxy groups -OCH3 is 3. The lowest BCUT2D eigenvalue weighted by molar-refractivity contribution is -0.159. The normalized spacial score (nSPS) is 14.0. The van der Waals surface area contributed by atoms with E-state index in [-0.39, 0.29) is 0 Å². The number of ether oxygens (including phenoxy) is 3. The molecule has 1 fully saturated rings. The van der Waals surface area contributed by atoms with E-state index in [1.807, 2.05) is 12.1 Å². The molecule has 0 spiro atoms. The van der Waals surface area contributed by atoms with E-state index in [2.05, 4.69) is 41.8 Å². The Balaban J connectivity index is 0.000000604. The molecule has 0 atom stereocenters. The summed E-state index contributed by atoms with van der Waals surface area (Å²) in [7, 11) is 4.95. The zero-order valence-electron chi connectivity index (χ0n) is 20.5. The van der Waals surface area contributed by atoms with Gasteiger partial charge in [0.15, 0.2) is 11.5 Å². The Morgan fingerprint density at radius 1 is 0.794 bits per heavy atom. The fourth-order valence-corrected chi connectivity index (χ4v) is 3.85. The van der Waals surface area contributed by atoms with Gasteiger partial charge in [-0.1, -0.05) is 23.8 Å². The van der Waals surface area contributed by atoms with Crippen LogP contribution < -0.4 is 14.2 Å². The van der Waals surface area contributed by atoms with E-state index in [4.69, 9.17) is 34.0 Å². The second-order valence-electron chi connectivity index (χ2n) is 8.13. The molecule has 186 valence electrons. The van der Waals surface area contributed by atoms with Crippen LogP contribution in [0.2, 0.25) is 0 Å². The highest BCUT2D eigenvalue weighted by atomic mass is 16.5. The predicted octanol–water partition coefficient (Wildman–Crippen LogP) is 2.80. The molecule has 2 N–H and O–H groups in total. The van der Waals surface area contributed by atoms with Crippen molar-refractivity contribution in [1.82, 2.24) is 9.80 Å². The minimum absolute atomic E-state index is 0.645. The van der Waals surface area contributed by atoms with Crippen LogP contribution in [0.1, 0.15) is 22.3 Å². The molecule has 0 unspecified atom stereocenters. The summed E-state index contributed by atoms with van der Waals surface area (Å²) in [6.07, 6.45) is 0. The number of rotatable bonds is 7. The molecule has 1 saturated heterocycles. The van der Waals surface area contributed by atoms with E-state index < -0.39 is 11.9 Å². The quantitative estimate of drug-likeness (QED) is 0.586. The van der Waals surface area contributed by atoms with Gasteiger partial charge in [-0.2, -0.15) is 0 Å². The van der Waals surface area contributed by atoms with Crippen LogP contribution in [0.4, 0.5) is 0 Å². The second-order valence-corrected chi connectivity index (χ2v) is 8.13. The first-order valence-corrected chi connectivity index (χ1v) is 10.9. The maximum absolute atomic E-state index is 9.10. The number of hydrogen-bond acceptors (Lipinski definition) is 7. The van der Waals surface area contributed by atoms with Gasteiger partial charge < -0.3 is 24.4 Å². The number of hydrogen-bond donors (Lipinski definition) is 2. The van der Waals surface area contributed by atoms with Crippen molar-refractivity contribution in [2.45, 2.75) is 26.9 Å². The number of carbonyl (C=O) groups is 2. The van der Waals surface area contributed by atoms with Crippen LogP contribution in [0.25, 0.3) is 0 Å². The van der Waals surface area contributed by atoms with E-state index in [9.17, 15) is 0 Å². The van der Waals surface area contributed by atoms with Gasteiger partial charge in [0.2, 0.25) is 5.75 Å². The van der Waals surface area contributed by atoms with Crippen LogP contribution in [-0.4, -0.2) is 79.5 Å². The summed E-state index contributed by atoms with van der Waals surface area (Å²) >= 11 is 0. The molecule has 1 aliphatic rings. The summed E-state index contributed by atoms with van der Waals surface area (Å²) in [5.74, 6) is -1.58. The number of benzene rings is 2. The zero-order chi connectivity index (χ0) is 25.3. The van der Waals surface area contributed by atoms with Crippen molar-refractivity contribution >= 4 is 11.9 Å². The maximum Gasteiger partial charge on any atom is 0.414 e. The zero-order valence-corrected chi connectivity index (χ0v) is 20.5. The molecule has 2 aromatic rings. The van der Waals surface area contributed by atoms with Gasteiger partial charge in [-0.25, -0.2) is 9.59 Å². The van der Waals surface area contributed by atoms with Gasteiger partial charge in [0.25, 0.3) is 0 Å². The molecule has 0 radical (unpaired) electrons. The molecule has 1 heterocycles. The average molecular weight is 475 g/mol. The number of aliphatic carboxylic acids is 2. The topological polar surface area (TPSA) is 109 Å². The Labute approximate surface area is 200 Å². The fourth-order valence-electron chi connectivity index (χ4n) is 3.85. The van der Waals surface area contributed by atoms with Gasteiger partial charge in [-0.05, 0) is 42.7 Å². The summed E-state index contributed by atoms with van der Waals surface area (Å²) in [5, 5.41) is 14.8. The molecule has 0 aliphatic carbocycles. The van der Waals surface area contributed by atoms with E-state index >= 15 is 0 Å². The summed E-state index contributed by atoms with van der Waals surface area (Å²) < 4.78 is 16.4. The lowest BCUT2D eigenvalue weighted by Crippen LogP contribution is -2.45.